The molecule has 1 amide bonds. The van der Waals surface area contributed by atoms with E-state index in [1.807, 2.05) is 6.07 Å². The lowest BCUT2D eigenvalue weighted by molar-refractivity contribution is -0.114. The fourth-order valence-corrected chi connectivity index (χ4v) is 2.60. The minimum Gasteiger partial charge on any atom is -0.492 e. The van der Waals surface area contributed by atoms with Crippen LogP contribution in [0.3, 0.4) is 0 Å². The van der Waals surface area contributed by atoms with Crippen LogP contribution in [0.2, 0.25) is 0 Å². The first kappa shape index (κ1) is 9.52. The third-order valence-corrected chi connectivity index (χ3v) is 3.22. The molecule has 76 valence electrons. The Morgan fingerprint density at radius 3 is 3.21 bits per heavy atom. The Morgan fingerprint density at radius 1 is 1.57 bits per heavy atom. The highest BCUT2D eigenvalue weighted by Gasteiger charge is 2.13. The van der Waals surface area contributed by atoms with Crippen LogP contribution in [0.1, 0.15) is 24.6 Å². The van der Waals surface area contributed by atoms with Gasteiger partial charge in [-0.15, -0.1) is 11.3 Å². The molecular formula is C10H13NO2S. The molecule has 0 aromatic carbocycles. The molecule has 2 rings (SSSR count). The second-order valence-corrected chi connectivity index (χ2v) is 4.52. The summed E-state index contributed by atoms with van der Waals surface area (Å²) in [5.41, 5.74) is 0. The molecule has 0 spiro atoms. The number of carbonyl (C=O) groups excluding carboxylic acids is 1. The van der Waals surface area contributed by atoms with Crippen LogP contribution in [0.25, 0.3) is 0 Å². The Balaban J connectivity index is 2.18. The number of thiophene rings is 1. The molecular weight excluding hydrogens is 198 g/mol. The number of aryl methyl sites for hydroxylation is 1. The summed E-state index contributed by atoms with van der Waals surface area (Å²) in [5.74, 6) is 0.928. The van der Waals surface area contributed by atoms with Gasteiger partial charge in [-0.05, 0) is 19.3 Å². The van der Waals surface area contributed by atoms with Crippen molar-refractivity contribution in [2.24, 2.45) is 0 Å². The Hall–Kier alpha value is -1.03. The summed E-state index contributed by atoms with van der Waals surface area (Å²) in [5, 5.41) is 3.67. The van der Waals surface area contributed by atoms with Crippen molar-refractivity contribution >= 4 is 22.2 Å². The molecule has 0 fully saturated rings. The third-order valence-electron chi connectivity index (χ3n) is 2.13. The standard InChI is InChI=1S/C10H13NO2S/c1-7(12)11-10-6-8-9(14-10)4-2-3-5-13-8/h6H,2-5H2,1H3,(H,11,12). The van der Waals surface area contributed by atoms with Crippen molar-refractivity contribution in [2.45, 2.75) is 26.2 Å². The molecule has 0 saturated heterocycles. The summed E-state index contributed by atoms with van der Waals surface area (Å²) < 4.78 is 5.57. The highest BCUT2D eigenvalue weighted by molar-refractivity contribution is 7.16. The first-order chi connectivity index (χ1) is 6.75. The molecule has 0 atom stereocenters. The summed E-state index contributed by atoms with van der Waals surface area (Å²) in [4.78, 5) is 12.1. The maximum Gasteiger partial charge on any atom is 0.221 e. The lowest BCUT2D eigenvalue weighted by Gasteiger charge is -1.98. The zero-order chi connectivity index (χ0) is 9.97. The molecule has 0 bridgehead atoms. The minimum atomic E-state index is -0.0265. The van der Waals surface area contributed by atoms with E-state index in [1.54, 1.807) is 11.3 Å². The lowest BCUT2D eigenvalue weighted by Crippen LogP contribution is -2.03. The quantitative estimate of drug-likeness (QED) is 0.774. The first-order valence-electron chi connectivity index (χ1n) is 4.79. The van der Waals surface area contributed by atoms with Gasteiger partial charge in [-0.25, -0.2) is 0 Å². The van der Waals surface area contributed by atoms with Gasteiger partial charge in [-0.3, -0.25) is 4.79 Å². The highest BCUT2D eigenvalue weighted by Crippen LogP contribution is 2.35. The lowest BCUT2D eigenvalue weighted by atomic mass is 10.2. The van der Waals surface area contributed by atoms with Crippen LogP contribution in [-0.2, 0) is 11.2 Å². The van der Waals surface area contributed by atoms with Crippen LogP contribution in [0.4, 0.5) is 5.00 Å². The van der Waals surface area contributed by atoms with Crippen LogP contribution in [0.15, 0.2) is 6.07 Å². The topological polar surface area (TPSA) is 38.3 Å². The number of hydrogen-bond acceptors (Lipinski definition) is 3. The van der Waals surface area contributed by atoms with Crippen LogP contribution in [-0.4, -0.2) is 12.5 Å². The van der Waals surface area contributed by atoms with Gasteiger partial charge in [0.05, 0.1) is 11.6 Å². The van der Waals surface area contributed by atoms with E-state index in [9.17, 15) is 4.79 Å². The molecule has 1 N–H and O–H groups in total. The first-order valence-corrected chi connectivity index (χ1v) is 5.60. The number of hydrogen-bond donors (Lipinski definition) is 1. The fraction of sp³-hybridized carbons (Fsp3) is 0.500. The Kier molecular flexibility index (Phi) is 2.72. The predicted molar refractivity (Wildman–Crippen MR) is 57.1 cm³/mol. The van der Waals surface area contributed by atoms with E-state index in [0.29, 0.717) is 0 Å². The summed E-state index contributed by atoms with van der Waals surface area (Å²) in [6.07, 6.45) is 3.36. The van der Waals surface area contributed by atoms with Gasteiger partial charge in [0.2, 0.25) is 5.91 Å². The van der Waals surface area contributed by atoms with Crippen molar-refractivity contribution in [1.82, 2.24) is 0 Å². The predicted octanol–water partition coefficient (Wildman–Crippen LogP) is 2.42. The maximum absolute atomic E-state index is 10.8. The minimum absolute atomic E-state index is 0.0265. The monoisotopic (exact) mass is 211 g/mol. The molecule has 3 nitrogen and oxygen atoms in total. The van der Waals surface area contributed by atoms with E-state index in [1.165, 1.54) is 18.2 Å². The van der Waals surface area contributed by atoms with E-state index in [-0.39, 0.29) is 5.91 Å². The van der Waals surface area contributed by atoms with Gasteiger partial charge in [0, 0.05) is 17.9 Å². The van der Waals surface area contributed by atoms with Crippen LogP contribution >= 0.6 is 11.3 Å². The molecule has 0 saturated carbocycles. The van der Waals surface area contributed by atoms with Gasteiger partial charge in [0.15, 0.2) is 0 Å². The van der Waals surface area contributed by atoms with Gasteiger partial charge >= 0.3 is 0 Å². The van der Waals surface area contributed by atoms with Gasteiger partial charge in [-0.2, -0.15) is 0 Å². The van der Waals surface area contributed by atoms with Crippen molar-refractivity contribution < 1.29 is 9.53 Å². The highest BCUT2D eigenvalue weighted by atomic mass is 32.1. The molecule has 0 unspecified atom stereocenters. The van der Waals surface area contributed by atoms with E-state index in [2.05, 4.69) is 5.32 Å². The zero-order valence-electron chi connectivity index (χ0n) is 8.13. The maximum atomic E-state index is 10.8. The van der Waals surface area contributed by atoms with Crippen molar-refractivity contribution in [3.8, 4) is 5.75 Å². The molecule has 14 heavy (non-hydrogen) atoms. The fourth-order valence-electron chi connectivity index (χ4n) is 1.51. The SMILES string of the molecule is CC(=O)Nc1cc2c(s1)CCCCO2. The number of fused-ring (bicyclic) bond motifs is 1. The largest absolute Gasteiger partial charge is 0.492 e. The van der Waals surface area contributed by atoms with Crippen LogP contribution in [0, 0.1) is 0 Å². The number of nitrogens with one attached hydrogen (secondary N) is 1. The molecule has 1 aromatic heterocycles. The normalized spacial score (nSPS) is 15.2. The van der Waals surface area contributed by atoms with Gasteiger partial charge in [0.25, 0.3) is 0 Å². The van der Waals surface area contributed by atoms with Gasteiger partial charge in [-0.1, -0.05) is 0 Å². The second-order valence-electron chi connectivity index (χ2n) is 3.38. The molecule has 2 heterocycles. The van der Waals surface area contributed by atoms with Gasteiger partial charge in [0.1, 0.15) is 5.75 Å². The Labute approximate surface area is 87.1 Å². The van der Waals surface area contributed by atoms with E-state index in [4.69, 9.17) is 4.74 Å². The summed E-state index contributed by atoms with van der Waals surface area (Å²) in [7, 11) is 0. The third kappa shape index (κ3) is 2.07. The van der Waals surface area contributed by atoms with E-state index < -0.39 is 0 Å². The summed E-state index contributed by atoms with van der Waals surface area (Å²) in [6.45, 7) is 2.31. The van der Waals surface area contributed by atoms with E-state index in [0.717, 1.165) is 30.2 Å². The van der Waals surface area contributed by atoms with Crippen LogP contribution in [0.5, 0.6) is 5.75 Å². The smallest absolute Gasteiger partial charge is 0.221 e. The summed E-state index contributed by atoms with van der Waals surface area (Å²) in [6, 6.07) is 1.92. The Morgan fingerprint density at radius 2 is 2.43 bits per heavy atom. The molecule has 1 aromatic rings. The average molecular weight is 211 g/mol. The molecule has 1 aliphatic rings. The number of amides is 1. The number of rotatable bonds is 1. The van der Waals surface area contributed by atoms with Crippen molar-refractivity contribution in [2.75, 3.05) is 11.9 Å². The van der Waals surface area contributed by atoms with E-state index >= 15 is 0 Å². The van der Waals surface area contributed by atoms with Gasteiger partial charge < -0.3 is 10.1 Å². The second kappa shape index (κ2) is 4.00. The molecule has 4 heteroatoms. The number of ether oxygens (including phenoxy) is 1. The van der Waals surface area contributed by atoms with Crippen molar-refractivity contribution in [1.29, 1.82) is 0 Å². The number of carbonyl (C=O) groups is 1. The zero-order valence-corrected chi connectivity index (χ0v) is 8.95. The molecule has 0 aliphatic carbocycles. The Bertz CT molecular complexity index is 322. The van der Waals surface area contributed by atoms with Crippen molar-refractivity contribution in [3.63, 3.8) is 0 Å². The average Bonchev–Trinajstić information content (AvgIpc) is 2.34. The van der Waals surface area contributed by atoms with Crippen molar-refractivity contribution in [3.05, 3.63) is 10.9 Å². The number of anilines is 1. The molecule has 1 aliphatic heterocycles. The summed E-state index contributed by atoms with van der Waals surface area (Å²) >= 11 is 1.62. The van der Waals surface area contributed by atoms with Crippen LogP contribution < -0.4 is 10.1 Å². The molecule has 0 radical (unpaired) electrons.